The monoisotopic (exact) mass is 340 g/mol. The number of carbonyl (C=O) groups excluding carboxylic acids is 2. The fourth-order valence-corrected chi connectivity index (χ4v) is 1.96. The molecule has 0 fully saturated rings. The summed E-state index contributed by atoms with van der Waals surface area (Å²) >= 11 is 0. The van der Waals surface area contributed by atoms with E-state index < -0.39 is 5.91 Å². The summed E-state index contributed by atoms with van der Waals surface area (Å²) in [7, 11) is 3.82. The lowest BCUT2D eigenvalue weighted by Gasteiger charge is -2.12. The van der Waals surface area contributed by atoms with Crippen LogP contribution < -0.4 is 20.8 Å². The molecule has 0 aliphatic carbocycles. The van der Waals surface area contributed by atoms with Crippen LogP contribution in [0, 0.1) is 0 Å². The Morgan fingerprint density at radius 1 is 1.20 bits per heavy atom. The fraction of sp³-hybridized carbons (Fsp3) is 0.167. The van der Waals surface area contributed by atoms with Gasteiger partial charge in [-0.15, -0.1) is 0 Å². The van der Waals surface area contributed by atoms with Crippen molar-refractivity contribution in [1.82, 2.24) is 5.43 Å². The molecule has 2 amide bonds. The summed E-state index contributed by atoms with van der Waals surface area (Å²) in [6, 6.07) is 14.1. The Morgan fingerprint density at radius 2 is 1.92 bits per heavy atom. The molecule has 7 nitrogen and oxygen atoms in total. The third kappa shape index (κ3) is 5.65. The Hall–Kier alpha value is -3.35. The van der Waals surface area contributed by atoms with Crippen LogP contribution in [-0.2, 0) is 4.79 Å². The van der Waals surface area contributed by atoms with Crippen LogP contribution in [0.15, 0.2) is 53.6 Å². The van der Waals surface area contributed by atoms with Gasteiger partial charge < -0.3 is 15.4 Å². The number of carbonyl (C=O) groups is 2. The minimum Gasteiger partial charge on any atom is -0.484 e. The Labute approximate surface area is 146 Å². The number of amides is 2. The molecule has 0 aromatic heterocycles. The van der Waals surface area contributed by atoms with E-state index in [9.17, 15) is 9.59 Å². The second kappa shape index (κ2) is 8.49. The number of anilines is 1. The lowest BCUT2D eigenvalue weighted by molar-refractivity contribution is -0.119. The number of hydrogen-bond acceptors (Lipinski definition) is 5. The SMILES string of the molecule is CN(C)c1cccc(C(=O)N/N=C\c2ccc(OCC(N)=O)cc2)c1. The maximum Gasteiger partial charge on any atom is 0.271 e. The number of hydrogen-bond donors (Lipinski definition) is 2. The molecule has 0 aliphatic heterocycles. The quantitative estimate of drug-likeness (QED) is 0.588. The smallest absolute Gasteiger partial charge is 0.271 e. The van der Waals surface area contributed by atoms with Crippen LogP contribution in [-0.4, -0.2) is 38.7 Å². The zero-order valence-corrected chi connectivity index (χ0v) is 14.1. The molecule has 0 atom stereocenters. The van der Waals surface area contributed by atoms with E-state index in [-0.39, 0.29) is 12.5 Å². The zero-order valence-electron chi connectivity index (χ0n) is 14.1. The molecule has 2 aromatic carbocycles. The molecule has 3 N–H and O–H groups in total. The van der Waals surface area contributed by atoms with E-state index in [1.165, 1.54) is 6.21 Å². The van der Waals surface area contributed by atoms with Crippen LogP contribution in [0.3, 0.4) is 0 Å². The Bertz CT molecular complexity index is 770. The molecule has 0 unspecified atom stereocenters. The first-order chi connectivity index (χ1) is 12.0. The number of nitrogens with zero attached hydrogens (tertiary/aromatic N) is 2. The third-order valence-corrected chi connectivity index (χ3v) is 3.27. The number of primary amides is 1. The molecule has 25 heavy (non-hydrogen) atoms. The average molecular weight is 340 g/mol. The van der Waals surface area contributed by atoms with E-state index in [2.05, 4.69) is 10.5 Å². The Balaban J connectivity index is 1.93. The third-order valence-electron chi connectivity index (χ3n) is 3.27. The van der Waals surface area contributed by atoms with Crippen molar-refractivity contribution in [1.29, 1.82) is 0 Å². The topological polar surface area (TPSA) is 97.0 Å². The first-order valence-electron chi connectivity index (χ1n) is 7.57. The van der Waals surface area contributed by atoms with E-state index in [1.54, 1.807) is 36.4 Å². The molecule has 0 aliphatic rings. The van der Waals surface area contributed by atoms with Gasteiger partial charge in [0, 0.05) is 25.3 Å². The lowest BCUT2D eigenvalue weighted by atomic mass is 10.2. The summed E-state index contributed by atoms with van der Waals surface area (Å²) in [5, 5.41) is 3.94. The number of nitrogens with one attached hydrogen (secondary N) is 1. The highest BCUT2D eigenvalue weighted by Crippen LogP contribution is 2.13. The molecule has 0 heterocycles. The molecular weight excluding hydrogens is 320 g/mol. The highest BCUT2D eigenvalue weighted by Gasteiger charge is 2.05. The second-order valence-electron chi connectivity index (χ2n) is 5.47. The first kappa shape index (κ1) is 18.0. The average Bonchev–Trinajstić information content (AvgIpc) is 2.61. The summed E-state index contributed by atoms with van der Waals surface area (Å²) in [4.78, 5) is 24.7. The van der Waals surface area contributed by atoms with E-state index in [0.717, 1.165) is 11.3 Å². The number of ether oxygens (including phenoxy) is 1. The lowest BCUT2D eigenvalue weighted by Crippen LogP contribution is -2.20. The van der Waals surface area contributed by atoms with Crippen molar-refractivity contribution in [3.05, 3.63) is 59.7 Å². The van der Waals surface area contributed by atoms with Gasteiger partial charge in [0.2, 0.25) is 0 Å². The van der Waals surface area contributed by atoms with Crippen molar-refractivity contribution in [2.24, 2.45) is 10.8 Å². The summed E-state index contributed by atoms with van der Waals surface area (Å²) in [5.74, 6) is -0.298. The summed E-state index contributed by atoms with van der Waals surface area (Å²) in [6.45, 7) is -0.171. The van der Waals surface area contributed by atoms with E-state index in [4.69, 9.17) is 10.5 Å². The van der Waals surface area contributed by atoms with Crippen LogP contribution in [0.1, 0.15) is 15.9 Å². The molecule has 0 radical (unpaired) electrons. The standard InChI is InChI=1S/C18H20N4O3/c1-22(2)15-5-3-4-14(10-15)18(24)21-20-11-13-6-8-16(9-7-13)25-12-17(19)23/h3-11H,12H2,1-2H3,(H2,19,23)(H,21,24)/b20-11-. The molecule has 130 valence electrons. The molecule has 0 spiro atoms. The van der Waals surface area contributed by atoms with Crippen molar-refractivity contribution in [2.75, 3.05) is 25.6 Å². The Morgan fingerprint density at radius 3 is 2.56 bits per heavy atom. The molecule has 7 heteroatoms. The van der Waals surface area contributed by atoms with Crippen LogP contribution in [0.5, 0.6) is 5.75 Å². The van der Waals surface area contributed by atoms with Crippen LogP contribution in [0.4, 0.5) is 5.69 Å². The molecule has 0 saturated carbocycles. The van der Waals surface area contributed by atoms with E-state index in [0.29, 0.717) is 11.3 Å². The van der Waals surface area contributed by atoms with Crippen molar-refractivity contribution in [3.63, 3.8) is 0 Å². The van der Waals surface area contributed by atoms with Gasteiger partial charge in [0.1, 0.15) is 5.75 Å². The number of benzene rings is 2. The molecule has 2 rings (SSSR count). The summed E-state index contributed by atoms with van der Waals surface area (Å²) in [6.07, 6.45) is 1.52. The number of rotatable bonds is 7. The Kier molecular flexibility index (Phi) is 6.11. The van der Waals surface area contributed by atoms with Crippen LogP contribution in [0.25, 0.3) is 0 Å². The second-order valence-corrected chi connectivity index (χ2v) is 5.47. The van der Waals surface area contributed by atoms with Gasteiger partial charge in [0.05, 0.1) is 6.21 Å². The predicted molar refractivity (Wildman–Crippen MR) is 97.0 cm³/mol. The van der Waals surface area contributed by atoms with Crippen molar-refractivity contribution in [3.8, 4) is 5.75 Å². The highest BCUT2D eigenvalue weighted by molar-refractivity contribution is 5.95. The van der Waals surface area contributed by atoms with Gasteiger partial charge in [0.15, 0.2) is 6.61 Å². The van der Waals surface area contributed by atoms with Crippen molar-refractivity contribution < 1.29 is 14.3 Å². The maximum absolute atomic E-state index is 12.1. The van der Waals surface area contributed by atoms with Crippen LogP contribution >= 0.6 is 0 Å². The normalized spacial score (nSPS) is 10.5. The molecule has 0 bridgehead atoms. The molecule has 0 saturated heterocycles. The summed E-state index contributed by atoms with van der Waals surface area (Å²) < 4.78 is 5.16. The van der Waals surface area contributed by atoms with Gasteiger partial charge in [-0.1, -0.05) is 6.07 Å². The molecular formula is C18H20N4O3. The zero-order chi connectivity index (χ0) is 18.2. The minimum absolute atomic E-state index is 0.171. The largest absolute Gasteiger partial charge is 0.484 e. The van der Waals surface area contributed by atoms with Gasteiger partial charge in [-0.3, -0.25) is 9.59 Å². The van der Waals surface area contributed by atoms with Gasteiger partial charge in [-0.2, -0.15) is 5.10 Å². The van der Waals surface area contributed by atoms with Crippen molar-refractivity contribution in [2.45, 2.75) is 0 Å². The predicted octanol–water partition coefficient (Wildman–Crippen LogP) is 1.38. The van der Waals surface area contributed by atoms with Gasteiger partial charge in [-0.05, 0) is 48.0 Å². The number of nitrogens with two attached hydrogens (primary N) is 1. The van der Waals surface area contributed by atoms with Crippen LogP contribution in [0.2, 0.25) is 0 Å². The van der Waals surface area contributed by atoms with E-state index in [1.807, 2.05) is 31.1 Å². The maximum atomic E-state index is 12.1. The fourth-order valence-electron chi connectivity index (χ4n) is 1.96. The van der Waals surface area contributed by atoms with Gasteiger partial charge in [0.25, 0.3) is 11.8 Å². The highest BCUT2D eigenvalue weighted by atomic mass is 16.5. The van der Waals surface area contributed by atoms with Gasteiger partial charge >= 0.3 is 0 Å². The minimum atomic E-state index is -0.535. The first-order valence-corrected chi connectivity index (χ1v) is 7.57. The number of hydrazone groups is 1. The van der Waals surface area contributed by atoms with E-state index >= 15 is 0 Å². The van der Waals surface area contributed by atoms with Crippen molar-refractivity contribution >= 4 is 23.7 Å². The van der Waals surface area contributed by atoms with Gasteiger partial charge in [-0.25, -0.2) is 5.43 Å². The summed E-state index contributed by atoms with van der Waals surface area (Å²) in [5.41, 5.74) is 9.73. The molecule has 2 aromatic rings.